The standard InChI is InChI=1S/C14H18IN3/c1-9(2)7-12(16)14-17-8-13(18-14)10-3-5-11(15)6-4-10/h3-6,8-9,12H,7,16H2,1-2H3,(H,17,18). The molecule has 0 amide bonds. The van der Waals surface area contributed by atoms with Crippen LogP contribution in [0.4, 0.5) is 0 Å². The largest absolute Gasteiger partial charge is 0.341 e. The fourth-order valence-electron chi connectivity index (χ4n) is 1.92. The molecule has 0 spiro atoms. The van der Waals surface area contributed by atoms with Crippen molar-refractivity contribution >= 4 is 22.6 Å². The predicted octanol–water partition coefficient (Wildman–Crippen LogP) is 3.73. The number of imidazole rings is 1. The highest BCUT2D eigenvalue weighted by atomic mass is 127. The summed E-state index contributed by atoms with van der Waals surface area (Å²) in [6.07, 6.45) is 2.80. The van der Waals surface area contributed by atoms with Crippen LogP contribution in [0.2, 0.25) is 0 Å². The summed E-state index contributed by atoms with van der Waals surface area (Å²) in [4.78, 5) is 7.70. The van der Waals surface area contributed by atoms with Gasteiger partial charge in [0.1, 0.15) is 5.82 Å². The van der Waals surface area contributed by atoms with Crippen LogP contribution in [0.15, 0.2) is 30.5 Å². The number of aromatic nitrogens is 2. The van der Waals surface area contributed by atoms with E-state index in [9.17, 15) is 0 Å². The van der Waals surface area contributed by atoms with Crippen molar-refractivity contribution in [3.05, 3.63) is 39.9 Å². The highest BCUT2D eigenvalue weighted by Gasteiger charge is 2.12. The van der Waals surface area contributed by atoms with Gasteiger partial charge in [0.2, 0.25) is 0 Å². The Hall–Kier alpha value is -0.880. The van der Waals surface area contributed by atoms with Crippen LogP contribution in [0.3, 0.4) is 0 Å². The van der Waals surface area contributed by atoms with E-state index in [4.69, 9.17) is 5.73 Å². The highest BCUT2D eigenvalue weighted by Crippen LogP contribution is 2.22. The Labute approximate surface area is 121 Å². The molecule has 18 heavy (non-hydrogen) atoms. The molecule has 0 saturated heterocycles. The number of nitrogens with zero attached hydrogens (tertiary/aromatic N) is 1. The van der Waals surface area contributed by atoms with Gasteiger partial charge in [0, 0.05) is 3.57 Å². The molecule has 2 rings (SSSR count). The molecule has 1 aromatic carbocycles. The molecule has 96 valence electrons. The molecule has 0 aliphatic heterocycles. The third-order valence-electron chi connectivity index (χ3n) is 2.83. The van der Waals surface area contributed by atoms with Crippen LogP contribution < -0.4 is 5.73 Å². The minimum absolute atomic E-state index is 0.0115. The maximum Gasteiger partial charge on any atom is 0.123 e. The zero-order chi connectivity index (χ0) is 13.1. The molecule has 0 radical (unpaired) electrons. The lowest BCUT2D eigenvalue weighted by Crippen LogP contribution is -2.14. The minimum atomic E-state index is -0.0115. The van der Waals surface area contributed by atoms with E-state index in [2.05, 4.69) is 70.7 Å². The average Bonchev–Trinajstić information content (AvgIpc) is 2.78. The maximum atomic E-state index is 6.12. The van der Waals surface area contributed by atoms with Crippen molar-refractivity contribution in [1.29, 1.82) is 0 Å². The number of hydrogen-bond acceptors (Lipinski definition) is 2. The van der Waals surface area contributed by atoms with Crippen LogP contribution in [0.1, 0.15) is 32.1 Å². The molecule has 0 saturated carbocycles. The summed E-state index contributed by atoms with van der Waals surface area (Å²) in [6.45, 7) is 4.34. The van der Waals surface area contributed by atoms with Crippen molar-refractivity contribution in [3.63, 3.8) is 0 Å². The average molecular weight is 355 g/mol. The molecule has 1 aromatic heterocycles. The van der Waals surface area contributed by atoms with Gasteiger partial charge in [0.25, 0.3) is 0 Å². The molecule has 0 fully saturated rings. The number of aromatic amines is 1. The summed E-state index contributed by atoms with van der Waals surface area (Å²) >= 11 is 2.30. The Kier molecular flexibility index (Phi) is 4.40. The highest BCUT2D eigenvalue weighted by molar-refractivity contribution is 14.1. The summed E-state index contributed by atoms with van der Waals surface area (Å²) in [5, 5.41) is 0. The monoisotopic (exact) mass is 355 g/mol. The SMILES string of the molecule is CC(C)CC(N)c1ncc(-c2ccc(I)cc2)[nH]1. The topological polar surface area (TPSA) is 54.7 Å². The number of nitrogens with two attached hydrogens (primary N) is 1. The van der Waals surface area contributed by atoms with Crippen molar-refractivity contribution in [2.45, 2.75) is 26.3 Å². The van der Waals surface area contributed by atoms with Crippen LogP contribution in [0.5, 0.6) is 0 Å². The summed E-state index contributed by atoms with van der Waals surface area (Å²) in [7, 11) is 0. The maximum absolute atomic E-state index is 6.12. The van der Waals surface area contributed by atoms with E-state index in [1.54, 1.807) is 0 Å². The lowest BCUT2D eigenvalue weighted by Gasteiger charge is -2.10. The lowest BCUT2D eigenvalue weighted by atomic mass is 10.0. The van der Waals surface area contributed by atoms with Crippen molar-refractivity contribution in [3.8, 4) is 11.3 Å². The van der Waals surface area contributed by atoms with Gasteiger partial charge in [0.15, 0.2) is 0 Å². The van der Waals surface area contributed by atoms with E-state index in [-0.39, 0.29) is 6.04 Å². The third-order valence-corrected chi connectivity index (χ3v) is 3.55. The van der Waals surface area contributed by atoms with Crippen molar-refractivity contribution in [2.75, 3.05) is 0 Å². The van der Waals surface area contributed by atoms with Gasteiger partial charge < -0.3 is 10.7 Å². The Balaban J connectivity index is 2.17. The number of H-pyrrole nitrogens is 1. The zero-order valence-corrected chi connectivity index (χ0v) is 12.8. The number of rotatable bonds is 4. The molecule has 4 heteroatoms. The van der Waals surface area contributed by atoms with Gasteiger partial charge in [-0.2, -0.15) is 0 Å². The van der Waals surface area contributed by atoms with Gasteiger partial charge in [-0.15, -0.1) is 0 Å². The lowest BCUT2D eigenvalue weighted by molar-refractivity contribution is 0.496. The van der Waals surface area contributed by atoms with E-state index in [0.29, 0.717) is 5.92 Å². The van der Waals surface area contributed by atoms with Crippen LogP contribution in [-0.2, 0) is 0 Å². The van der Waals surface area contributed by atoms with E-state index in [1.165, 1.54) is 3.57 Å². The Morgan fingerprint density at radius 3 is 2.56 bits per heavy atom. The smallest absolute Gasteiger partial charge is 0.123 e. The molecular formula is C14H18IN3. The molecule has 3 N–H and O–H groups in total. The molecule has 1 heterocycles. The number of benzene rings is 1. The summed E-state index contributed by atoms with van der Waals surface area (Å²) in [5.41, 5.74) is 8.29. The van der Waals surface area contributed by atoms with Crippen LogP contribution in [0.25, 0.3) is 11.3 Å². The molecule has 0 aliphatic carbocycles. The number of hydrogen-bond donors (Lipinski definition) is 2. The molecule has 3 nitrogen and oxygen atoms in total. The van der Waals surface area contributed by atoms with Crippen LogP contribution in [-0.4, -0.2) is 9.97 Å². The van der Waals surface area contributed by atoms with Crippen LogP contribution >= 0.6 is 22.6 Å². The fourth-order valence-corrected chi connectivity index (χ4v) is 2.28. The van der Waals surface area contributed by atoms with Gasteiger partial charge in [-0.05, 0) is 52.6 Å². The van der Waals surface area contributed by atoms with Crippen molar-refractivity contribution < 1.29 is 0 Å². The van der Waals surface area contributed by atoms with Crippen molar-refractivity contribution in [1.82, 2.24) is 9.97 Å². The van der Waals surface area contributed by atoms with Crippen LogP contribution in [0, 0.1) is 9.49 Å². The van der Waals surface area contributed by atoms with Gasteiger partial charge in [-0.25, -0.2) is 4.98 Å². The first-order valence-corrected chi connectivity index (χ1v) is 7.20. The van der Waals surface area contributed by atoms with Gasteiger partial charge >= 0.3 is 0 Å². The quantitative estimate of drug-likeness (QED) is 0.822. The third kappa shape index (κ3) is 3.32. The summed E-state index contributed by atoms with van der Waals surface area (Å²) < 4.78 is 1.23. The molecular weight excluding hydrogens is 337 g/mol. The van der Waals surface area contributed by atoms with Gasteiger partial charge in [-0.3, -0.25) is 0 Å². The van der Waals surface area contributed by atoms with E-state index in [0.717, 1.165) is 23.5 Å². The Bertz CT molecular complexity index is 502. The first-order valence-electron chi connectivity index (χ1n) is 6.12. The van der Waals surface area contributed by atoms with E-state index < -0.39 is 0 Å². The second kappa shape index (κ2) is 5.84. The second-order valence-corrected chi connectivity index (χ2v) is 6.17. The summed E-state index contributed by atoms with van der Waals surface area (Å²) in [5.74, 6) is 1.45. The van der Waals surface area contributed by atoms with E-state index >= 15 is 0 Å². The molecule has 1 unspecified atom stereocenters. The molecule has 1 atom stereocenters. The van der Waals surface area contributed by atoms with E-state index in [1.807, 2.05) is 6.20 Å². The predicted molar refractivity (Wildman–Crippen MR) is 83.1 cm³/mol. The normalized spacial score (nSPS) is 12.9. The Morgan fingerprint density at radius 1 is 1.28 bits per heavy atom. The number of halogens is 1. The first-order chi connectivity index (χ1) is 8.56. The first kappa shape index (κ1) is 13.5. The summed E-state index contributed by atoms with van der Waals surface area (Å²) in [6, 6.07) is 8.34. The van der Waals surface area contributed by atoms with Crippen molar-refractivity contribution in [2.24, 2.45) is 11.7 Å². The molecule has 0 bridgehead atoms. The Morgan fingerprint density at radius 2 is 1.94 bits per heavy atom. The second-order valence-electron chi connectivity index (χ2n) is 4.93. The molecule has 0 aliphatic rings. The van der Waals surface area contributed by atoms with Gasteiger partial charge in [-0.1, -0.05) is 26.0 Å². The zero-order valence-electron chi connectivity index (χ0n) is 10.7. The number of nitrogens with one attached hydrogen (secondary N) is 1. The fraction of sp³-hybridized carbons (Fsp3) is 0.357. The minimum Gasteiger partial charge on any atom is -0.341 e. The van der Waals surface area contributed by atoms with Gasteiger partial charge in [0.05, 0.1) is 17.9 Å². The molecule has 2 aromatic rings.